The van der Waals surface area contributed by atoms with Crippen LogP contribution in [0, 0.1) is 24.7 Å². The fourth-order valence-electron chi connectivity index (χ4n) is 12.1. The first-order valence-corrected chi connectivity index (χ1v) is 28.1. The predicted molar refractivity (Wildman–Crippen MR) is 293 cm³/mol. The van der Waals surface area contributed by atoms with Crippen LogP contribution in [0.1, 0.15) is 132 Å². The number of anilines is 2. The van der Waals surface area contributed by atoms with Crippen molar-refractivity contribution in [2.45, 2.75) is 109 Å². The molecule has 3 aromatic carbocycles. The second-order valence-electron chi connectivity index (χ2n) is 21.6. The molecule has 396 valence electrons. The molecule has 4 aliphatic heterocycles. The fourth-order valence-corrected chi connectivity index (χ4v) is 13.3. The number of rotatable bonds is 16. The zero-order chi connectivity index (χ0) is 52.5. The average molecular weight is 1060 g/mol. The zero-order valence-corrected chi connectivity index (χ0v) is 45.4. The smallest absolute Gasteiger partial charge is 0.262 e. The van der Waals surface area contributed by atoms with Crippen LogP contribution in [0.3, 0.4) is 0 Å². The highest BCUT2D eigenvalue weighted by molar-refractivity contribution is 7.10. The standard InChI is InChI=1S/C58H69ClN8O7S/c1-34(51-27-41(33-75-51)53-40(31-64(3)4)7-6-8-47(53)59)60-54-46-29-44(50(73-5)30-48(46)61-35(2)62-54)38-9-11-39(12-10-38)56(70)66-24-17-36(18-25-66)21-26-74-32-37-19-22-65(23-20-37)42-13-14-43-45(28-42)58(72)67(57(43)71)49-15-16-52(68)63-55(49)69/h6-8,13-14,27-30,33-34,36-39,49H,9-12,15-26,31-32H2,1-5H3,(H,60,61,62)(H,63,68,69)/t34-,38?,39?,49?/m1/s1. The summed E-state index contributed by atoms with van der Waals surface area (Å²) in [5.74, 6) is 1.92. The summed E-state index contributed by atoms with van der Waals surface area (Å²) in [7, 11) is 5.87. The van der Waals surface area contributed by atoms with Crippen LogP contribution in [-0.4, -0.2) is 121 Å². The number of benzene rings is 3. The van der Waals surface area contributed by atoms with Gasteiger partial charge in [0.05, 0.1) is 29.8 Å². The number of nitrogens with zero attached hydrogens (tertiary/aromatic N) is 6. The maximum Gasteiger partial charge on any atom is 0.262 e. The number of likely N-dealkylation sites (tertiary alicyclic amines) is 1. The number of amides is 5. The van der Waals surface area contributed by atoms with Gasteiger partial charge >= 0.3 is 0 Å². The zero-order valence-electron chi connectivity index (χ0n) is 43.8. The molecule has 15 nitrogen and oxygen atoms in total. The lowest BCUT2D eigenvalue weighted by Crippen LogP contribution is -2.54. The van der Waals surface area contributed by atoms with Crippen molar-refractivity contribution in [1.82, 2.24) is 30.0 Å². The summed E-state index contributed by atoms with van der Waals surface area (Å²) in [6, 6.07) is 17.0. The molecule has 5 amide bonds. The first kappa shape index (κ1) is 52.5. The Kier molecular flexibility index (Phi) is 15.9. The molecule has 5 aliphatic rings. The van der Waals surface area contributed by atoms with Gasteiger partial charge in [-0.1, -0.05) is 23.7 Å². The van der Waals surface area contributed by atoms with E-state index in [1.54, 1.807) is 30.6 Å². The Balaban J connectivity index is 0.667. The van der Waals surface area contributed by atoms with Crippen LogP contribution in [0.5, 0.6) is 5.75 Å². The van der Waals surface area contributed by atoms with Gasteiger partial charge in [-0.25, -0.2) is 9.97 Å². The van der Waals surface area contributed by atoms with Gasteiger partial charge in [-0.2, -0.15) is 0 Å². The summed E-state index contributed by atoms with van der Waals surface area (Å²) in [5, 5.41) is 9.89. The number of carbonyl (C=O) groups excluding carboxylic acids is 5. The number of carbonyl (C=O) groups is 5. The number of aromatic nitrogens is 2. The number of imide groups is 2. The highest BCUT2D eigenvalue weighted by atomic mass is 35.5. The lowest BCUT2D eigenvalue weighted by Gasteiger charge is -2.36. The SMILES string of the molecule is COc1cc2nc(C)nc(N[C@H](C)c3cc(-c4c(Cl)cccc4CN(C)C)cs3)c2cc1C1CCC(C(=O)N2CCC(CCOCC3CCN(c4ccc5c(c4)C(=O)N(C4CCC(=O)NC4=O)C5=O)CC3)CC2)CC1. The Morgan fingerprint density at radius 2 is 1.64 bits per heavy atom. The number of nitrogens with one attached hydrogen (secondary N) is 2. The van der Waals surface area contributed by atoms with Crippen molar-refractivity contribution in [2.75, 3.05) is 70.8 Å². The van der Waals surface area contributed by atoms with Crippen molar-refractivity contribution in [1.29, 1.82) is 0 Å². The molecule has 3 saturated heterocycles. The largest absolute Gasteiger partial charge is 0.496 e. The molecule has 1 unspecified atom stereocenters. The molecule has 5 aromatic rings. The number of halogens is 1. The van der Waals surface area contributed by atoms with E-state index in [-0.39, 0.29) is 30.7 Å². The second-order valence-corrected chi connectivity index (χ2v) is 23.0. The predicted octanol–water partition coefficient (Wildman–Crippen LogP) is 9.80. The van der Waals surface area contributed by atoms with E-state index in [1.165, 1.54) is 10.4 Å². The third-order valence-electron chi connectivity index (χ3n) is 16.3. The number of thiophene rings is 1. The van der Waals surface area contributed by atoms with E-state index in [0.717, 1.165) is 145 Å². The number of ether oxygens (including phenoxy) is 2. The van der Waals surface area contributed by atoms with Crippen molar-refractivity contribution in [3.8, 4) is 16.9 Å². The molecule has 2 aromatic heterocycles. The lowest BCUT2D eigenvalue weighted by molar-refractivity contribution is -0.138. The van der Waals surface area contributed by atoms with Crippen LogP contribution >= 0.6 is 22.9 Å². The van der Waals surface area contributed by atoms with Gasteiger partial charge in [0.15, 0.2) is 0 Å². The second kappa shape index (κ2) is 22.7. The molecule has 75 heavy (non-hydrogen) atoms. The van der Waals surface area contributed by atoms with Crippen LogP contribution in [-0.2, 0) is 25.7 Å². The van der Waals surface area contributed by atoms with Gasteiger partial charge < -0.3 is 29.5 Å². The summed E-state index contributed by atoms with van der Waals surface area (Å²) >= 11 is 8.51. The van der Waals surface area contributed by atoms with Gasteiger partial charge in [-0.3, -0.25) is 34.2 Å². The van der Waals surface area contributed by atoms with E-state index in [4.69, 9.17) is 31.0 Å². The summed E-state index contributed by atoms with van der Waals surface area (Å²) < 4.78 is 12.3. The summed E-state index contributed by atoms with van der Waals surface area (Å²) in [6.07, 6.45) is 8.67. The Morgan fingerprint density at radius 1 is 0.893 bits per heavy atom. The third kappa shape index (κ3) is 11.3. The van der Waals surface area contributed by atoms with Gasteiger partial charge in [-0.15, -0.1) is 11.3 Å². The Morgan fingerprint density at radius 3 is 2.37 bits per heavy atom. The quantitative estimate of drug-likeness (QED) is 0.0711. The number of fused-ring (bicyclic) bond motifs is 2. The van der Waals surface area contributed by atoms with Crippen LogP contribution in [0.25, 0.3) is 22.0 Å². The third-order valence-corrected chi connectivity index (χ3v) is 17.7. The van der Waals surface area contributed by atoms with Crippen molar-refractivity contribution in [3.05, 3.63) is 98.0 Å². The summed E-state index contributed by atoms with van der Waals surface area (Å²) in [4.78, 5) is 83.1. The van der Waals surface area contributed by atoms with Gasteiger partial charge in [0.2, 0.25) is 17.7 Å². The fraction of sp³-hybridized carbons (Fsp3) is 0.500. The van der Waals surface area contributed by atoms with Crippen LogP contribution in [0.2, 0.25) is 5.02 Å². The number of hydrogen-bond acceptors (Lipinski definition) is 13. The first-order chi connectivity index (χ1) is 36.2. The van der Waals surface area contributed by atoms with Gasteiger partial charge in [-0.05, 0) is 168 Å². The van der Waals surface area contributed by atoms with Gasteiger partial charge in [0, 0.05) is 90.9 Å². The molecule has 17 heteroatoms. The molecule has 0 bridgehead atoms. The monoisotopic (exact) mass is 1060 g/mol. The number of aryl methyl sites for hydroxylation is 1. The highest BCUT2D eigenvalue weighted by Crippen LogP contribution is 2.44. The van der Waals surface area contributed by atoms with Crippen LogP contribution in [0.15, 0.2) is 60.0 Å². The van der Waals surface area contributed by atoms with Crippen molar-refractivity contribution in [2.24, 2.45) is 17.8 Å². The molecule has 1 saturated carbocycles. The number of methoxy groups -OCH3 is 1. The molecular weight excluding hydrogens is 988 g/mol. The molecule has 1 aliphatic carbocycles. The normalized spacial score (nSPS) is 21.3. The van der Waals surface area contributed by atoms with Gasteiger partial charge in [0.1, 0.15) is 23.4 Å². The summed E-state index contributed by atoms with van der Waals surface area (Å²) in [5.41, 5.74) is 6.85. The topological polar surface area (TPSA) is 167 Å². The summed E-state index contributed by atoms with van der Waals surface area (Å²) in [6.45, 7) is 9.55. The Bertz CT molecular complexity index is 2980. The molecule has 2 N–H and O–H groups in total. The minimum Gasteiger partial charge on any atom is -0.496 e. The molecule has 2 atom stereocenters. The lowest BCUT2D eigenvalue weighted by atomic mass is 9.77. The first-order valence-electron chi connectivity index (χ1n) is 26.8. The van der Waals surface area contributed by atoms with Crippen LogP contribution in [0.4, 0.5) is 11.5 Å². The minimum atomic E-state index is -0.976. The van der Waals surface area contributed by atoms with Crippen molar-refractivity contribution in [3.63, 3.8) is 0 Å². The molecule has 10 rings (SSSR count). The molecule has 0 spiro atoms. The molecule has 4 fully saturated rings. The Hall–Kier alpha value is -5.94. The minimum absolute atomic E-state index is 0.0183. The van der Waals surface area contributed by atoms with E-state index in [9.17, 15) is 24.0 Å². The molecule has 0 radical (unpaired) electrons. The molecule has 6 heterocycles. The highest BCUT2D eigenvalue weighted by Gasteiger charge is 2.45. The van der Waals surface area contributed by atoms with E-state index in [2.05, 4.69) is 76.0 Å². The Labute approximate surface area is 448 Å². The maximum absolute atomic E-state index is 14.0. The van der Waals surface area contributed by atoms with Gasteiger partial charge in [0.25, 0.3) is 11.8 Å². The van der Waals surface area contributed by atoms with E-state index >= 15 is 0 Å². The van der Waals surface area contributed by atoms with E-state index in [1.807, 2.05) is 25.1 Å². The van der Waals surface area contributed by atoms with Crippen LogP contribution < -0.4 is 20.3 Å². The van der Waals surface area contributed by atoms with E-state index in [0.29, 0.717) is 47.9 Å². The maximum atomic E-state index is 14.0. The average Bonchev–Trinajstić information content (AvgIpc) is 3.99. The number of piperidine rings is 3. The molecular formula is C58H69ClN8O7S. The van der Waals surface area contributed by atoms with E-state index < -0.39 is 29.7 Å². The van der Waals surface area contributed by atoms with Crippen molar-refractivity contribution >= 4 is 74.9 Å². The van der Waals surface area contributed by atoms with Crippen molar-refractivity contribution < 1.29 is 33.4 Å². The number of hydrogen-bond donors (Lipinski definition) is 2.